The quantitative estimate of drug-likeness (QED) is 0.698. The van der Waals surface area contributed by atoms with Gasteiger partial charge in [-0.25, -0.2) is 0 Å². The van der Waals surface area contributed by atoms with Crippen LogP contribution in [-0.4, -0.2) is 54.1 Å². The molecule has 0 spiro atoms. The first-order valence-electron chi connectivity index (χ1n) is 8.36. The summed E-state index contributed by atoms with van der Waals surface area (Å²) in [6.45, 7) is 14.8. The maximum Gasteiger partial charge on any atom is 0.0329 e. The number of nitrogens with two attached hydrogens (primary N) is 1. The lowest BCUT2D eigenvalue weighted by Gasteiger charge is -2.41. The van der Waals surface area contributed by atoms with E-state index in [0.717, 1.165) is 12.6 Å². The van der Waals surface area contributed by atoms with Crippen LogP contribution in [0.15, 0.2) is 0 Å². The minimum Gasteiger partial charge on any atom is -0.329 e. The molecule has 3 heteroatoms. The molecule has 0 aromatic carbocycles. The van der Waals surface area contributed by atoms with Gasteiger partial charge >= 0.3 is 0 Å². The van der Waals surface area contributed by atoms with Crippen molar-refractivity contribution in [3.05, 3.63) is 0 Å². The van der Waals surface area contributed by atoms with Gasteiger partial charge in [-0.1, -0.05) is 40.5 Å². The Morgan fingerprint density at radius 2 is 1.89 bits per heavy atom. The van der Waals surface area contributed by atoms with Gasteiger partial charge in [-0.2, -0.15) is 0 Å². The molecule has 0 aromatic heterocycles. The fourth-order valence-electron chi connectivity index (χ4n) is 3.65. The van der Waals surface area contributed by atoms with Crippen molar-refractivity contribution in [2.45, 2.75) is 71.4 Å². The largest absolute Gasteiger partial charge is 0.329 e. The van der Waals surface area contributed by atoms with Gasteiger partial charge in [0.15, 0.2) is 0 Å². The Balaban J connectivity index is 2.67. The Morgan fingerprint density at radius 3 is 2.37 bits per heavy atom. The lowest BCUT2D eigenvalue weighted by atomic mass is 9.88. The molecule has 0 radical (unpaired) electrons. The number of likely N-dealkylation sites (N-methyl/N-ethyl adjacent to an activating group) is 1. The van der Waals surface area contributed by atoms with Crippen molar-refractivity contribution in [3.8, 4) is 0 Å². The summed E-state index contributed by atoms with van der Waals surface area (Å²) in [5.41, 5.74) is 6.43. The Labute approximate surface area is 120 Å². The minimum atomic E-state index is 0.262. The van der Waals surface area contributed by atoms with Gasteiger partial charge in [0.2, 0.25) is 0 Å². The van der Waals surface area contributed by atoms with Crippen molar-refractivity contribution < 1.29 is 0 Å². The molecule has 114 valence electrons. The summed E-state index contributed by atoms with van der Waals surface area (Å²) in [6.07, 6.45) is 6.35. The Kier molecular flexibility index (Phi) is 7.33. The molecule has 19 heavy (non-hydrogen) atoms. The van der Waals surface area contributed by atoms with E-state index in [9.17, 15) is 0 Å². The normalized spacial score (nSPS) is 24.0. The highest BCUT2D eigenvalue weighted by molar-refractivity contribution is 4.96. The zero-order chi connectivity index (χ0) is 14.3. The summed E-state index contributed by atoms with van der Waals surface area (Å²) in [5, 5.41) is 0. The lowest BCUT2D eigenvalue weighted by molar-refractivity contribution is 0.0929. The molecule has 1 rings (SSSR count). The first-order valence-corrected chi connectivity index (χ1v) is 8.36. The van der Waals surface area contributed by atoms with Crippen LogP contribution >= 0.6 is 0 Å². The molecule has 0 aromatic rings. The van der Waals surface area contributed by atoms with Crippen LogP contribution < -0.4 is 5.73 Å². The van der Waals surface area contributed by atoms with Gasteiger partial charge in [0.05, 0.1) is 0 Å². The molecule has 1 heterocycles. The van der Waals surface area contributed by atoms with Gasteiger partial charge in [-0.15, -0.1) is 0 Å². The average Bonchev–Trinajstić information content (AvgIpc) is 2.92. The summed E-state index contributed by atoms with van der Waals surface area (Å²) in [7, 11) is 0. The van der Waals surface area contributed by atoms with E-state index in [1.54, 1.807) is 0 Å². The van der Waals surface area contributed by atoms with Crippen LogP contribution in [0.25, 0.3) is 0 Å². The molecule has 2 atom stereocenters. The second kappa shape index (κ2) is 8.23. The molecule has 1 aliphatic heterocycles. The van der Waals surface area contributed by atoms with E-state index < -0.39 is 0 Å². The van der Waals surface area contributed by atoms with Crippen LogP contribution in [0.3, 0.4) is 0 Å². The molecule has 0 saturated carbocycles. The summed E-state index contributed by atoms with van der Waals surface area (Å²) in [5.74, 6) is 0. The highest BCUT2D eigenvalue weighted by atomic mass is 15.3. The van der Waals surface area contributed by atoms with E-state index in [1.165, 1.54) is 58.3 Å². The number of nitrogens with zero attached hydrogens (tertiary/aromatic N) is 2. The van der Waals surface area contributed by atoms with Crippen LogP contribution in [0.4, 0.5) is 0 Å². The van der Waals surface area contributed by atoms with Crippen molar-refractivity contribution in [1.82, 2.24) is 9.80 Å². The van der Waals surface area contributed by atoms with E-state index >= 15 is 0 Å². The molecule has 2 unspecified atom stereocenters. The second-order valence-corrected chi connectivity index (χ2v) is 6.00. The summed E-state index contributed by atoms with van der Waals surface area (Å²) < 4.78 is 0. The minimum absolute atomic E-state index is 0.262. The first kappa shape index (κ1) is 16.9. The van der Waals surface area contributed by atoms with Crippen LogP contribution in [0.2, 0.25) is 0 Å². The third-order valence-electron chi connectivity index (χ3n) is 5.20. The van der Waals surface area contributed by atoms with Crippen LogP contribution in [0.5, 0.6) is 0 Å². The molecule has 2 N–H and O–H groups in total. The average molecular weight is 269 g/mol. The Morgan fingerprint density at radius 1 is 1.21 bits per heavy atom. The van der Waals surface area contributed by atoms with Gasteiger partial charge in [0.1, 0.15) is 0 Å². The Bertz CT molecular complexity index is 234. The zero-order valence-corrected chi connectivity index (χ0v) is 13.6. The highest BCUT2D eigenvalue weighted by Crippen LogP contribution is 2.30. The summed E-state index contributed by atoms with van der Waals surface area (Å²) in [6, 6.07) is 0.745. The SMILES string of the molecule is CCCCC(CC)(CN)N1CCC(N(CC)CC)C1. The molecule has 0 aliphatic carbocycles. The van der Waals surface area contributed by atoms with Gasteiger partial charge in [0, 0.05) is 31.2 Å². The predicted molar refractivity (Wildman–Crippen MR) is 84.5 cm³/mol. The number of likely N-dealkylation sites (tertiary alicyclic amines) is 1. The molecular formula is C16H35N3. The molecule has 3 nitrogen and oxygen atoms in total. The monoisotopic (exact) mass is 269 g/mol. The lowest BCUT2D eigenvalue weighted by Crippen LogP contribution is -2.53. The maximum absolute atomic E-state index is 6.17. The summed E-state index contributed by atoms with van der Waals surface area (Å²) in [4.78, 5) is 5.31. The van der Waals surface area contributed by atoms with Gasteiger partial charge < -0.3 is 5.73 Å². The van der Waals surface area contributed by atoms with Crippen molar-refractivity contribution in [1.29, 1.82) is 0 Å². The van der Waals surface area contributed by atoms with Crippen molar-refractivity contribution in [3.63, 3.8) is 0 Å². The predicted octanol–water partition coefficient (Wildman–Crippen LogP) is 2.70. The highest BCUT2D eigenvalue weighted by Gasteiger charge is 2.38. The third kappa shape index (κ3) is 3.93. The van der Waals surface area contributed by atoms with Crippen LogP contribution in [0, 0.1) is 0 Å². The van der Waals surface area contributed by atoms with Crippen molar-refractivity contribution in [2.75, 3.05) is 32.7 Å². The van der Waals surface area contributed by atoms with E-state index in [-0.39, 0.29) is 5.54 Å². The fraction of sp³-hybridized carbons (Fsp3) is 1.00. The van der Waals surface area contributed by atoms with Crippen molar-refractivity contribution in [2.24, 2.45) is 5.73 Å². The Hall–Kier alpha value is -0.120. The van der Waals surface area contributed by atoms with E-state index in [0.29, 0.717) is 0 Å². The van der Waals surface area contributed by atoms with E-state index in [2.05, 4.69) is 37.5 Å². The number of unbranched alkanes of at least 4 members (excludes halogenated alkanes) is 1. The number of hydrogen-bond donors (Lipinski definition) is 1. The molecule has 0 amide bonds. The standard InChI is InChI=1S/C16H35N3/c1-5-9-11-16(6-2,14-17)19-12-10-15(13-19)18(7-3)8-4/h15H,5-14,17H2,1-4H3. The number of hydrogen-bond acceptors (Lipinski definition) is 3. The second-order valence-electron chi connectivity index (χ2n) is 6.00. The molecule has 1 saturated heterocycles. The zero-order valence-electron chi connectivity index (χ0n) is 13.6. The van der Waals surface area contributed by atoms with Gasteiger partial charge in [-0.3, -0.25) is 9.80 Å². The maximum atomic E-state index is 6.17. The van der Waals surface area contributed by atoms with E-state index in [4.69, 9.17) is 5.73 Å². The van der Waals surface area contributed by atoms with Gasteiger partial charge in [-0.05, 0) is 32.4 Å². The smallest absolute Gasteiger partial charge is 0.0329 e. The van der Waals surface area contributed by atoms with Crippen molar-refractivity contribution >= 4 is 0 Å². The number of rotatable bonds is 9. The third-order valence-corrected chi connectivity index (χ3v) is 5.20. The topological polar surface area (TPSA) is 32.5 Å². The summed E-state index contributed by atoms with van der Waals surface area (Å²) >= 11 is 0. The fourth-order valence-corrected chi connectivity index (χ4v) is 3.65. The molecule has 0 bridgehead atoms. The van der Waals surface area contributed by atoms with E-state index in [1.807, 2.05) is 0 Å². The first-order chi connectivity index (χ1) is 9.17. The van der Waals surface area contributed by atoms with Gasteiger partial charge in [0.25, 0.3) is 0 Å². The van der Waals surface area contributed by atoms with Crippen LogP contribution in [-0.2, 0) is 0 Å². The molecule has 1 aliphatic rings. The van der Waals surface area contributed by atoms with Crippen LogP contribution in [0.1, 0.15) is 59.8 Å². The molecule has 1 fully saturated rings. The molecular weight excluding hydrogens is 234 g/mol.